The first-order valence-corrected chi connectivity index (χ1v) is 5.54. The number of carboxylic acids is 1. The van der Waals surface area contributed by atoms with Gasteiger partial charge in [-0.25, -0.2) is 9.97 Å². The van der Waals surface area contributed by atoms with Gasteiger partial charge in [0, 0.05) is 18.3 Å². The van der Waals surface area contributed by atoms with Crippen molar-refractivity contribution < 1.29 is 9.90 Å². The van der Waals surface area contributed by atoms with Gasteiger partial charge in [0.1, 0.15) is 5.82 Å². The van der Waals surface area contributed by atoms with Gasteiger partial charge >= 0.3 is 5.97 Å². The van der Waals surface area contributed by atoms with Crippen molar-refractivity contribution in [3.05, 3.63) is 23.8 Å². The first-order valence-electron chi connectivity index (χ1n) is 5.54. The van der Waals surface area contributed by atoms with Gasteiger partial charge in [-0.05, 0) is 33.8 Å². The molecule has 94 valence electrons. The summed E-state index contributed by atoms with van der Waals surface area (Å²) in [6.45, 7) is 8.31. The molecule has 1 rings (SSSR count). The average molecular weight is 237 g/mol. The lowest BCUT2D eigenvalue weighted by Crippen LogP contribution is -2.44. The molecule has 0 aromatic carbocycles. The van der Waals surface area contributed by atoms with Crippen molar-refractivity contribution in [2.45, 2.75) is 39.8 Å². The highest BCUT2D eigenvalue weighted by atomic mass is 16.4. The Labute approximate surface area is 102 Å². The molecule has 0 fully saturated rings. The third kappa shape index (κ3) is 4.48. The zero-order valence-electron chi connectivity index (χ0n) is 10.8. The quantitative estimate of drug-likeness (QED) is 0.859. The Morgan fingerprint density at radius 3 is 2.59 bits per heavy atom. The molecule has 1 aromatic heterocycles. The van der Waals surface area contributed by atoms with Crippen LogP contribution in [-0.2, 0) is 11.3 Å². The van der Waals surface area contributed by atoms with Crippen LogP contribution in [0.25, 0.3) is 0 Å². The van der Waals surface area contributed by atoms with Gasteiger partial charge in [0.15, 0.2) is 0 Å². The topological polar surface area (TPSA) is 66.3 Å². The third-order valence-corrected chi connectivity index (χ3v) is 2.46. The maximum atomic E-state index is 10.8. The second-order valence-corrected chi connectivity index (χ2v) is 5.02. The van der Waals surface area contributed by atoms with E-state index in [-0.39, 0.29) is 12.1 Å². The Morgan fingerprint density at radius 1 is 1.47 bits per heavy atom. The average Bonchev–Trinajstić information content (AvgIpc) is 2.14. The first-order chi connectivity index (χ1) is 7.79. The monoisotopic (exact) mass is 237 g/mol. The molecule has 5 heteroatoms. The van der Waals surface area contributed by atoms with Gasteiger partial charge in [0.25, 0.3) is 0 Å². The van der Waals surface area contributed by atoms with Gasteiger partial charge in [0.2, 0.25) is 0 Å². The van der Waals surface area contributed by atoms with Crippen LogP contribution in [-0.4, -0.2) is 38.0 Å². The van der Waals surface area contributed by atoms with Gasteiger partial charge in [-0.3, -0.25) is 9.69 Å². The number of aryl methyl sites for hydroxylation is 1. The molecule has 17 heavy (non-hydrogen) atoms. The Morgan fingerprint density at radius 2 is 2.12 bits per heavy atom. The predicted octanol–water partition coefficient (Wildman–Crippen LogP) is 1.47. The van der Waals surface area contributed by atoms with Crippen molar-refractivity contribution in [3.63, 3.8) is 0 Å². The molecule has 1 N–H and O–H groups in total. The van der Waals surface area contributed by atoms with E-state index >= 15 is 0 Å². The van der Waals surface area contributed by atoms with E-state index in [0.717, 1.165) is 5.69 Å². The fourth-order valence-electron chi connectivity index (χ4n) is 1.48. The molecule has 5 nitrogen and oxygen atoms in total. The molecule has 0 spiro atoms. The highest BCUT2D eigenvalue weighted by Crippen LogP contribution is 2.15. The fraction of sp³-hybridized carbons (Fsp3) is 0.583. The standard InChI is InChI=1S/C12H19N3O2/c1-9-13-6-5-10(14-9)7-15(8-11(16)17)12(2,3)4/h5-6H,7-8H2,1-4H3,(H,16,17). The SMILES string of the molecule is Cc1nccc(CN(CC(=O)O)C(C)(C)C)n1. The molecule has 0 bridgehead atoms. The molecule has 0 aliphatic heterocycles. The van der Waals surface area contributed by atoms with E-state index in [2.05, 4.69) is 9.97 Å². The van der Waals surface area contributed by atoms with E-state index in [1.807, 2.05) is 38.7 Å². The summed E-state index contributed by atoms with van der Waals surface area (Å²) >= 11 is 0. The zero-order valence-corrected chi connectivity index (χ0v) is 10.8. The minimum Gasteiger partial charge on any atom is -0.480 e. The van der Waals surface area contributed by atoms with Crippen molar-refractivity contribution in [2.75, 3.05) is 6.54 Å². The highest BCUT2D eigenvalue weighted by Gasteiger charge is 2.23. The van der Waals surface area contributed by atoms with Crippen molar-refractivity contribution in [1.29, 1.82) is 0 Å². The minimum absolute atomic E-state index is 0.00650. The predicted molar refractivity (Wildman–Crippen MR) is 64.6 cm³/mol. The fourth-order valence-corrected chi connectivity index (χ4v) is 1.48. The molecule has 0 aliphatic carbocycles. The van der Waals surface area contributed by atoms with E-state index in [0.29, 0.717) is 12.4 Å². The maximum absolute atomic E-state index is 10.8. The Balaban J connectivity index is 2.83. The van der Waals surface area contributed by atoms with Crippen LogP contribution in [0.5, 0.6) is 0 Å². The summed E-state index contributed by atoms with van der Waals surface area (Å²) in [5.74, 6) is -0.127. The van der Waals surface area contributed by atoms with Crippen LogP contribution < -0.4 is 0 Å². The molecule has 0 amide bonds. The Kier molecular flexibility index (Phi) is 4.17. The van der Waals surface area contributed by atoms with Crippen molar-refractivity contribution in [1.82, 2.24) is 14.9 Å². The van der Waals surface area contributed by atoms with Gasteiger partial charge in [-0.15, -0.1) is 0 Å². The first kappa shape index (κ1) is 13.6. The van der Waals surface area contributed by atoms with Gasteiger partial charge in [-0.1, -0.05) is 0 Å². The molecular weight excluding hydrogens is 218 g/mol. The molecule has 0 saturated carbocycles. The van der Waals surface area contributed by atoms with Crippen molar-refractivity contribution in [3.8, 4) is 0 Å². The molecule has 0 saturated heterocycles. The number of rotatable bonds is 4. The van der Waals surface area contributed by atoms with E-state index in [1.165, 1.54) is 0 Å². The Bertz CT molecular complexity index is 399. The van der Waals surface area contributed by atoms with E-state index < -0.39 is 5.97 Å². The molecule has 0 radical (unpaired) electrons. The van der Waals surface area contributed by atoms with E-state index in [9.17, 15) is 4.79 Å². The Hall–Kier alpha value is -1.49. The van der Waals surface area contributed by atoms with Gasteiger partial charge < -0.3 is 5.11 Å². The number of aromatic nitrogens is 2. The van der Waals surface area contributed by atoms with Crippen LogP contribution in [0.2, 0.25) is 0 Å². The summed E-state index contributed by atoms with van der Waals surface area (Å²) in [5, 5.41) is 8.91. The molecule has 1 aromatic rings. The zero-order chi connectivity index (χ0) is 13.1. The van der Waals surface area contributed by atoms with Crippen molar-refractivity contribution >= 4 is 5.97 Å². The smallest absolute Gasteiger partial charge is 0.317 e. The van der Waals surface area contributed by atoms with E-state index in [4.69, 9.17) is 5.11 Å². The van der Waals surface area contributed by atoms with Gasteiger partial charge in [-0.2, -0.15) is 0 Å². The summed E-state index contributed by atoms with van der Waals surface area (Å²) in [7, 11) is 0. The normalized spacial score (nSPS) is 11.8. The van der Waals surface area contributed by atoms with Crippen LogP contribution in [0, 0.1) is 6.92 Å². The summed E-state index contributed by atoms with van der Waals surface area (Å²) in [6, 6.07) is 1.81. The van der Waals surface area contributed by atoms with Crippen LogP contribution in [0.3, 0.4) is 0 Å². The highest BCUT2D eigenvalue weighted by molar-refractivity contribution is 5.69. The summed E-state index contributed by atoms with van der Waals surface area (Å²) in [4.78, 5) is 21.0. The lowest BCUT2D eigenvalue weighted by atomic mass is 10.1. The third-order valence-electron chi connectivity index (χ3n) is 2.46. The maximum Gasteiger partial charge on any atom is 0.317 e. The van der Waals surface area contributed by atoms with Crippen LogP contribution in [0.4, 0.5) is 0 Å². The lowest BCUT2D eigenvalue weighted by molar-refractivity contribution is -0.139. The number of hydrogen-bond donors (Lipinski definition) is 1. The number of hydrogen-bond acceptors (Lipinski definition) is 4. The summed E-state index contributed by atoms with van der Waals surface area (Å²) in [5.41, 5.74) is 0.630. The molecule has 1 heterocycles. The lowest BCUT2D eigenvalue weighted by Gasteiger charge is -2.33. The summed E-state index contributed by atoms with van der Waals surface area (Å²) < 4.78 is 0. The molecular formula is C12H19N3O2. The van der Waals surface area contributed by atoms with Crippen LogP contribution in [0.15, 0.2) is 12.3 Å². The van der Waals surface area contributed by atoms with Gasteiger partial charge in [0.05, 0.1) is 12.2 Å². The van der Waals surface area contributed by atoms with E-state index in [1.54, 1.807) is 6.20 Å². The van der Waals surface area contributed by atoms with Crippen molar-refractivity contribution in [2.24, 2.45) is 0 Å². The molecule has 0 atom stereocenters. The number of carbonyl (C=O) groups is 1. The molecule has 0 unspecified atom stereocenters. The minimum atomic E-state index is -0.828. The second-order valence-electron chi connectivity index (χ2n) is 5.02. The number of nitrogens with zero attached hydrogens (tertiary/aromatic N) is 3. The largest absolute Gasteiger partial charge is 0.480 e. The number of aliphatic carboxylic acids is 1. The number of carboxylic acid groups (broad SMARTS) is 1. The summed E-state index contributed by atoms with van der Waals surface area (Å²) in [6.07, 6.45) is 1.69. The van der Waals surface area contributed by atoms with Crippen LogP contribution in [0.1, 0.15) is 32.3 Å². The second kappa shape index (κ2) is 5.23. The molecule has 0 aliphatic rings. The van der Waals surface area contributed by atoms with Crippen LogP contribution >= 0.6 is 0 Å².